The second kappa shape index (κ2) is 6.72. The van der Waals surface area contributed by atoms with E-state index in [0.717, 1.165) is 0 Å². The largest absolute Gasteiger partial charge is 0.439 e. The molecule has 1 aromatic carbocycles. The molecule has 0 saturated carbocycles. The molecule has 1 aliphatic carbocycles. The molecule has 2 unspecified atom stereocenters. The van der Waals surface area contributed by atoms with E-state index in [1.807, 2.05) is 6.07 Å². The van der Waals surface area contributed by atoms with Crippen molar-refractivity contribution in [2.75, 3.05) is 0 Å². The third-order valence-corrected chi connectivity index (χ3v) is 5.66. The van der Waals surface area contributed by atoms with Crippen molar-refractivity contribution in [3.8, 4) is 11.8 Å². The number of nitriles is 1. The molecule has 2 aliphatic rings. The smallest absolute Gasteiger partial charge is 0.344 e. The molecule has 0 amide bonds. The molecule has 0 fully saturated rings. The average Bonchev–Trinajstić information content (AvgIpc) is 2.73. The van der Waals surface area contributed by atoms with Gasteiger partial charge in [-0.05, 0) is 31.0 Å². The Morgan fingerprint density at radius 1 is 1.23 bits per heavy atom. The molecule has 0 radical (unpaired) electrons. The Labute approximate surface area is 174 Å². The van der Waals surface area contributed by atoms with Gasteiger partial charge in [-0.2, -0.15) is 5.26 Å². The zero-order chi connectivity index (χ0) is 21.9. The molecule has 0 saturated heterocycles. The summed E-state index contributed by atoms with van der Waals surface area (Å²) in [5.74, 6) is -1.14. The van der Waals surface area contributed by atoms with Crippen molar-refractivity contribution in [2.45, 2.75) is 25.4 Å². The first kappa shape index (κ1) is 18.9. The van der Waals surface area contributed by atoms with Crippen LogP contribution in [0.3, 0.4) is 0 Å². The number of benzene rings is 1. The van der Waals surface area contributed by atoms with Crippen molar-refractivity contribution in [2.24, 2.45) is 5.73 Å². The molecule has 0 spiro atoms. The molecular formula is C23H16N2O6. The molecule has 2 aromatic heterocycles. The number of para-hydroxylation sites is 1. The maximum absolute atomic E-state index is 13.0. The predicted molar refractivity (Wildman–Crippen MR) is 110 cm³/mol. The van der Waals surface area contributed by atoms with Gasteiger partial charge in [0.1, 0.15) is 22.6 Å². The monoisotopic (exact) mass is 416 g/mol. The van der Waals surface area contributed by atoms with E-state index in [4.69, 9.17) is 19.3 Å². The Morgan fingerprint density at radius 3 is 2.77 bits per heavy atom. The van der Waals surface area contributed by atoms with Crippen LogP contribution in [0, 0.1) is 18.3 Å². The second-order valence-electron chi connectivity index (χ2n) is 7.46. The van der Waals surface area contributed by atoms with Crippen molar-refractivity contribution in [1.82, 2.24) is 0 Å². The van der Waals surface area contributed by atoms with Crippen molar-refractivity contribution in [3.63, 3.8) is 0 Å². The number of aliphatic hydroxyl groups excluding tert-OH is 1. The summed E-state index contributed by atoms with van der Waals surface area (Å²) in [5, 5.41) is 21.9. The van der Waals surface area contributed by atoms with E-state index >= 15 is 0 Å². The summed E-state index contributed by atoms with van der Waals surface area (Å²) < 4.78 is 16.6. The molecule has 5 rings (SSSR count). The van der Waals surface area contributed by atoms with Gasteiger partial charge in [-0.15, -0.1) is 0 Å². The topological polar surface area (TPSA) is 140 Å². The van der Waals surface area contributed by atoms with E-state index in [0.29, 0.717) is 21.8 Å². The van der Waals surface area contributed by atoms with Crippen LogP contribution in [0.25, 0.3) is 22.6 Å². The summed E-state index contributed by atoms with van der Waals surface area (Å²) in [6.07, 6.45) is 0.848. The predicted octanol–water partition coefficient (Wildman–Crippen LogP) is 0.620. The lowest BCUT2D eigenvalue weighted by atomic mass is 9.79. The fourth-order valence-corrected chi connectivity index (χ4v) is 4.29. The summed E-state index contributed by atoms with van der Waals surface area (Å²) in [4.78, 5) is 25.2. The van der Waals surface area contributed by atoms with Crippen LogP contribution in [0.5, 0.6) is 5.75 Å². The number of ether oxygens (including phenoxy) is 1. The second-order valence-corrected chi connectivity index (χ2v) is 7.46. The number of aliphatic hydroxyl groups is 1. The highest BCUT2D eigenvalue weighted by Crippen LogP contribution is 2.45. The Balaban J connectivity index is 1.98. The molecule has 0 bridgehead atoms. The number of allylic oxidation sites excluding steroid dienone is 1. The van der Waals surface area contributed by atoms with Gasteiger partial charge in [0.05, 0.1) is 23.0 Å². The number of hydrogen-bond donors (Lipinski definition) is 2. The highest BCUT2D eigenvalue weighted by molar-refractivity contribution is 5.87. The van der Waals surface area contributed by atoms with E-state index in [-0.39, 0.29) is 40.2 Å². The first-order valence-corrected chi connectivity index (χ1v) is 9.57. The van der Waals surface area contributed by atoms with Crippen LogP contribution >= 0.6 is 0 Å². The fourth-order valence-electron chi connectivity index (χ4n) is 4.29. The van der Waals surface area contributed by atoms with Crippen LogP contribution in [-0.4, -0.2) is 11.2 Å². The Kier molecular flexibility index (Phi) is 4.10. The quantitative estimate of drug-likeness (QED) is 0.550. The summed E-state index contributed by atoms with van der Waals surface area (Å²) >= 11 is 0. The zero-order valence-electron chi connectivity index (χ0n) is 16.3. The first-order chi connectivity index (χ1) is 14.9. The SMILES string of the molecule is Cc1cc(=O)oc2c1=CCC(O)C=2C1C(C#N)=C(N)Oc2c1c(=O)oc1ccccc21. The van der Waals surface area contributed by atoms with Crippen LogP contribution < -0.4 is 32.4 Å². The molecule has 3 aromatic rings. The lowest BCUT2D eigenvalue weighted by molar-refractivity contribution is 0.228. The molecule has 8 nitrogen and oxygen atoms in total. The Morgan fingerprint density at radius 2 is 2.00 bits per heavy atom. The minimum atomic E-state index is -1.12. The van der Waals surface area contributed by atoms with Crippen LogP contribution in [0.1, 0.15) is 23.5 Å². The van der Waals surface area contributed by atoms with Gasteiger partial charge in [0, 0.05) is 16.9 Å². The molecule has 31 heavy (non-hydrogen) atoms. The van der Waals surface area contributed by atoms with Crippen molar-refractivity contribution in [1.29, 1.82) is 5.26 Å². The van der Waals surface area contributed by atoms with Crippen molar-refractivity contribution >= 4 is 22.6 Å². The lowest BCUT2D eigenvalue weighted by Gasteiger charge is -2.30. The summed E-state index contributed by atoms with van der Waals surface area (Å²) in [6, 6.07) is 10.1. The van der Waals surface area contributed by atoms with Crippen molar-refractivity contribution < 1.29 is 18.7 Å². The van der Waals surface area contributed by atoms with Gasteiger partial charge in [0.2, 0.25) is 5.88 Å². The number of nitrogens with two attached hydrogens (primary N) is 1. The van der Waals surface area contributed by atoms with E-state index in [1.165, 1.54) is 6.07 Å². The Hall–Kier alpha value is -4.09. The third kappa shape index (κ3) is 2.71. The molecule has 3 N–H and O–H groups in total. The highest BCUT2D eigenvalue weighted by Gasteiger charge is 2.40. The maximum Gasteiger partial charge on any atom is 0.344 e. The minimum Gasteiger partial charge on any atom is -0.439 e. The fraction of sp³-hybridized carbons (Fsp3) is 0.174. The van der Waals surface area contributed by atoms with E-state index in [9.17, 15) is 20.0 Å². The standard InChI is InChI=1S/C23H16N2O6/c1-10-8-16(27)30-20-11(10)6-7-14(26)18(20)17-13(9-24)22(25)31-21-12-4-2-3-5-15(12)29-23(28)19(17)21/h2-6,8,14,17,26H,7,25H2,1H3. The highest BCUT2D eigenvalue weighted by atomic mass is 16.5. The number of nitrogens with zero attached hydrogens (tertiary/aromatic N) is 1. The van der Waals surface area contributed by atoms with Crippen LogP contribution in [-0.2, 0) is 0 Å². The van der Waals surface area contributed by atoms with Crippen LogP contribution in [0.15, 0.2) is 60.2 Å². The molecule has 2 atom stereocenters. The number of fused-ring (bicyclic) bond motifs is 4. The molecule has 154 valence electrons. The average molecular weight is 416 g/mol. The van der Waals surface area contributed by atoms with Crippen LogP contribution in [0.2, 0.25) is 0 Å². The van der Waals surface area contributed by atoms with Crippen LogP contribution in [0.4, 0.5) is 0 Å². The first-order valence-electron chi connectivity index (χ1n) is 9.57. The van der Waals surface area contributed by atoms with E-state index in [2.05, 4.69) is 0 Å². The maximum atomic E-state index is 13.0. The van der Waals surface area contributed by atoms with Gasteiger partial charge >= 0.3 is 11.3 Å². The normalized spacial score (nSPS) is 19.8. The molecular weight excluding hydrogens is 400 g/mol. The summed E-state index contributed by atoms with van der Waals surface area (Å²) in [5.41, 5.74) is 5.96. The van der Waals surface area contributed by atoms with Gasteiger partial charge in [0.15, 0.2) is 5.75 Å². The van der Waals surface area contributed by atoms with Gasteiger partial charge in [0.25, 0.3) is 0 Å². The Bertz CT molecular complexity index is 1590. The van der Waals surface area contributed by atoms with E-state index < -0.39 is 23.3 Å². The van der Waals surface area contributed by atoms with E-state index in [1.54, 1.807) is 37.3 Å². The summed E-state index contributed by atoms with van der Waals surface area (Å²) in [7, 11) is 0. The minimum absolute atomic E-state index is 0.0236. The zero-order valence-corrected chi connectivity index (χ0v) is 16.3. The van der Waals surface area contributed by atoms with Gasteiger partial charge in [-0.3, -0.25) is 0 Å². The number of hydrogen-bond acceptors (Lipinski definition) is 8. The summed E-state index contributed by atoms with van der Waals surface area (Å²) in [6.45, 7) is 1.75. The third-order valence-electron chi connectivity index (χ3n) is 5.66. The number of aryl methyl sites for hydroxylation is 1. The van der Waals surface area contributed by atoms with Gasteiger partial charge in [-0.1, -0.05) is 18.2 Å². The molecule has 1 aliphatic heterocycles. The number of rotatable bonds is 1. The van der Waals surface area contributed by atoms with Gasteiger partial charge < -0.3 is 24.4 Å². The van der Waals surface area contributed by atoms with Crippen molar-refractivity contribution in [3.05, 3.63) is 84.4 Å². The van der Waals surface area contributed by atoms with Gasteiger partial charge in [-0.25, -0.2) is 9.59 Å². The lowest BCUT2D eigenvalue weighted by Crippen LogP contribution is -2.42. The molecule has 8 heteroatoms. The molecule has 3 heterocycles.